The Morgan fingerprint density at radius 3 is 2.77 bits per heavy atom. The van der Waals surface area contributed by atoms with Crippen molar-refractivity contribution in [3.05, 3.63) is 51.1 Å². The molecule has 0 aliphatic heterocycles. The first kappa shape index (κ1) is 21.2. The standard InChI is InChI=1S/C23H29BrN4O2/c1-23(2)17-5-4-16(19(23)11-17)12-26-20-13-27-28(22(30)21(20)24)14-18(29)6-3-15-7-9-25-10-8-15/h7-10,13,16-17,19,26H,3-6,11-12,14H2,1-2H3/t16-,17-,19-/m0/s1. The SMILES string of the molecule is CC1(C)[C@H]2CC[C@@H](CNc3cnn(CC(=O)CCc4ccncc4)c(=O)c3Br)[C@@H]1C2. The number of hydrogen-bond donors (Lipinski definition) is 1. The normalized spacial score (nSPS) is 24.2. The Kier molecular flexibility index (Phi) is 6.09. The van der Waals surface area contributed by atoms with Gasteiger partial charge in [0.15, 0.2) is 5.78 Å². The highest BCUT2D eigenvalue weighted by Gasteiger charge is 2.53. The van der Waals surface area contributed by atoms with E-state index >= 15 is 0 Å². The number of ketones is 1. The molecule has 3 aliphatic carbocycles. The van der Waals surface area contributed by atoms with Crippen LogP contribution in [0.25, 0.3) is 0 Å². The summed E-state index contributed by atoms with van der Waals surface area (Å²) in [4.78, 5) is 29.0. The van der Waals surface area contributed by atoms with Crippen molar-refractivity contribution < 1.29 is 4.79 Å². The van der Waals surface area contributed by atoms with E-state index in [0.29, 0.717) is 34.3 Å². The first-order valence-corrected chi connectivity index (χ1v) is 11.6. The number of anilines is 1. The van der Waals surface area contributed by atoms with Gasteiger partial charge in [-0.05, 0) is 82.5 Å². The van der Waals surface area contributed by atoms with Gasteiger partial charge in [-0.2, -0.15) is 5.10 Å². The van der Waals surface area contributed by atoms with Crippen molar-refractivity contribution in [1.29, 1.82) is 0 Å². The van der Waals surface area contributed by atoms with Crippen molar-refractivity contribution >= 4 is 27.4 Å². The zero-order valence-corrected chi connectivity index (χ0v) is 19.2. The van der Waals surface area contributed by atoms with Gasteiger partial charge in [0.2, 0.25) is 0 Å². The number of rotatable bonds is 8. The number of aryl methyl sites for hydroxylation is 1. The number of Topliss-reactive ketones (excluding diaryl/α,β-unsaturated/α-hetero) is 1. The average molecular weight is 473 g/mol. The summed E-state index contributed by atoms with van der Waals surface area (Å²) in [5.41, 5.74) is 1.94. The van der Waals surface area contributed by atoms with Gasteiger partial charge < -0.3 is 5.32 Å². The highest BCUT2D eigenvalue weighted by Crippen LogP contribution is 2.61. The lowest BCUT2D eigenvalue weighted by Crippen LogP contribution is -2.53. The fourth-order valence-corrected chi connectivity index (χ4v) is 5.68. The van der Waals surface area contributed by atoms with Crippen LogP contribution in [0.1, 0.15) is 45.1 Å². The number of hydrogen-bond acceptors (Lipinski definition) is 5. The Bertz CT molecular complexity index is 971. The van der Waals surface area contributed by atoms with Crippen molar-refractivity contribution in [1.82, 2.24) is 14.8 Å². The molecule has 6 nitrogen and oxygen atoms in total. The topological polar surface area (TPSA) is 76.9 Å². The van der Waals surface area contributed by atoms with Crippen LogP contribution in [0.3, 0.4) is 0 Å². The monoisotopic (exact) mass is 472 g/mol. The van der Waals surface area contributed by atoms with Crippen molar-refractivity contribution in [3.63, 3.8) is 0 Å². The molecule has 5 rings (SSSR count). The minimum absolute atomic E-state index is 0.0108. The average Bonchev–Trinajstić information content (AvgIpc) is 2.75. The molecule has 7 heteroatoms. The first-order chi connectivity index (χ1) is 14.4. The zero-order chi connectivity index (χ0) is 21.3. The molecule has 2 aromatic rings. The number of carbonyl (C=O) groups is 1. The molecule has 0 amide bonds. The largest absolute Gasteiger partial charge is 0.382 e. The number of halogens is 1. The van der Waals surface area contributed by atoms with Gasteiger partial charge in [-0.25, -0.2) is 4.68 Å². The molecule has 0 aromatic carbocycles. The lowest BCUT2D eigenvalue weighted by Gasteiger charge is -2.60. The van der Waals surface area contributed by atoms with Gasteiger partial charge in [0.25, 0.3) is 5.56 Å². The van der Waals surface area contributed by atoms with E-state index in [2.05, 4.69) is 45.2 Å². The van der Waals surface area contributed by atoms with Gasteiger partial charge in [-0.3, -0.25) is 14.6 Å². The van der Waals surface area contributed by atoms with Crippen LogP contribution in [0.15, 0.2) is 40.0 Å². The summed E-state index contributed by atoms with van der Waals surface area (Å²) in [6.07, 6.45) is 9.98. The van der Waals surface area contributed by atoms with E-state index in [1.54, 1.807) is 18.6 Å². The van der Waals surface area contributed by atoms with Crippen LogP contribution in [0.5, 0.6) is 0 Å². The Labute approximate surface area is 185 Å². The molecule has 0 saturated heterocycles. The zero-order valence-electron chi connectivity index (χ0n) is 17.6. The second-order valence-corrected chi connectivity index (χ2v) is 10.1. The molecule has 3 aliphatic rings. The third-order valence-electron chi connectivity index (χ3n) is 7.31. The summed E-state index contributed by atoms with van der Waals surface area (Å²) in [7, 11) is 0. The first-order valence-electron chi connectivity index (χ1n) is 10.8. The summed E-state index contributed by atoms with van der Waals surface area (Å²) in [5, 5.41) is 7.67. The highest BCUT2D eigenvalue weighted by atomic mass is 79.9. The van der Waals surface area contributed by atoms with E-state index in [0.717, 1.165) is 23.9 Å². The molecule has 2 bridgehead atoms. The summed E-state index contributed by atoms with van der Waals surface area (Å²) >= 11 is 3.42. The number of fused-ring (bicyclic) bond motifs is 2. The Hall–Kier alpha value is -2.02. The lowest BCUT2D eigenvalue weighted by atomic mass is 9.45. The van der Waals surface area contributed by atoms with Crippen LogP contribution in [0.2, 0.25) is 0 Å². The summed E-state index contributed by atoms with van der Waals surface area (Å²) < 4.78 is 1.69. The predicted octanol–water partition coefficient (Wildman–Crippen LogP) is 4.09. The molecule has 3 atom stereocenters. The number of carbonyl (C=O) groups excluding carboxylic acids is 1. The fraction of sp³-hybridized carbons (Fsp3) is 0.565. The molecule has 1 N–H and O–H groups in total. The van der Waals surface area contributed by atoms with Gasteiger partial charge >= 0.3 is 0 Å². The van der Waals surface area contributed by atoms with Crippen LogP contribution in [-0.2, 0) is 17.8 Å². The van der Waals surface area contributed by atoms with E-state index in [9.17, 15) is 9.59 Å². The molecule has 2 aromatic heterocycles. The molecule has 0 radical (unpaired) electrons. The molecule has 3 saturated carbocycles. The molecule has 2 heterocycles. The van der Waals surface area contributed by atoms with Crippen LogP contribution < -0.4 is 10.9 Å². The van der Waals surface area contributed by atoms with Crippen molar-refractivity contribution in [2.45, 2.75) is 52.5 Å². The molecule has 3 fully saturated rings. The van der Waals surface area contributed by atoms with Gasteiger partial charge in [0, 0.05) is 25.4 Å². The number of aromatic nitrogens is 3. The lowest BCUT2D eigenvalue weighted by molar-refractivity contribution is -0.119. The van der Waals surface area contributed by atoms with Crippen molar-refractivity contribution in [2.24, 2.45) is 23.2 Å². The van der Waals surface area contributed by atoms with E-state index in [-0.39, 0.29) is 17.9 Å². The minimum atomic E-state index is -0.273. The Morgan fingerprint density at radius 1 is 1.30 bits per heavy atom. The van der Waals surface area contributed by atoms with Crippen LogP contribution in [0.4, 0.5) is 5.69 Å². The van der Waals surface area contributed by atoms with Crippen molar-refractivity contribution in [3.8, 4) is 0 Å². The number of nitrogens with one attached hydrogen (secondary N) is 1. The van der Waals surface area contributed by atoms with Gasteiger partial charge in [-0.1, -0.05) is 13.8 Å². The second kappa shape index (κ2) is 8.61. The minimum Gasteiger partial charge on any atom is -0.382 e. The van der Waals surface area contributed by atoms with Gasteiger partial charge in [0.1, 0.15) is 11.0 Å². The molecule has 160 valence electrons. The third kappa shape index (κ3) is 4.22. The van der Waals surface area contributed by atoms with E-state index < -0.39 is 0 Å². The second-order valence-electron chi connectivity index (χ2n) is 9.31. The van der Waals surface area contributed by atoms with Crippen LogP contribution >= 0.6 is 15.9 Å². The fourth-order valence-electron chi connectivity index (χ4n) is 5.23. The van der Waals surface area contributed by atoms with E-state index in [1.807, 2.05) is 12.1 Å². The molecule has 0 unspecified atom stereocenters. The van der Waals surface area contributed by atoms with Crippen LogP contribution in [-0.4, -0.2) is 27.1 Å². The van der Waals surface area contributed by atoms with Crippen LogP contribution in [0, 0.1) is 23.2 Å². The quantitative estimate of drug-likeness (QED) is 0.625. The third-order valence-corrected chi connectivity index (χ3v) is 8.08. The maximum absolute atomic E-state index is 12.7. The van der Waals surface area contributed by atoms with Gasteiger partial charge in [-0.15, -0.1) is 0 Å². The smallest absolute Gasteiger partial charge is 0.283 e. The molecule has 30 heavy (non-hydrogen) atoms. The maximum Gasteiger partial charge on any atom is 0.283 e. The van der Waals surface area contributed by atoms with Crippen molar-refractivity contribution in [2.75, 3.05) is 11.9 Å². The molecular weight excluding hydrogens is 444 g/mol. The number of nitrogens with zero attached hydrogens (tertiary/aromatic N) is 3. The van der Waals surface area contributed by atoms with Gasteiger partial charge in [0.05, 0.1) is 11.9 Å². The summed E-state index contributed by atoms with van der Waals surface area (Å²) in [5.74, 6) is 2.26. The predicted molar refractivity (Wildman–Crippen MR) is 120 cm³/mol. The summed E-state index contributed by atoms with van der Waals surface area (Å²) in [6.45, 7) is 5.63. The number of pyridine rings is 1. The summed E-state index contributed by atoms with van der Waals surface area (Å²) in [6, 6.07) is 3.79. The maximum atomic E-state index is 12.7. The Morgan fingerprint density at radius 2 is 2.07 bits per heavy atom. The highest BCUT2D eigenvalue weighted by molar-refractivity contribution is 9.10. The Balaban J connectivity index is 1.34. The molecule has 0 spiro atoms. The van der Waals surface area contributed by atoms with E-state index in [4.69, 9.17) is 0 Å². The van der Waals surface area contributed by atoms with E-state index in [1.165, 1.54) is 23.9 Å². The molecular formula is C23H29BrN4O2.